The average Bonchev–Trinajstić information content (AvgIpc) is 2.72. The number of hydrogen-bond donors (Lipinski definition) is 0. The molecule has 4 heteroatoms. The molecule has 0 aliphatic rings. The zero-order chi connectivity index (χ0) is 11.8. The zero-order valence-electron chi connectivity index (χ0n) is 12.4. The summed E-state index contributed by atoms with van der Waals surface area (Å²) in [7, 11) is 0. The molecule has 0 spiro atoms. The summed E-state index contributed by atoms with van der Waals surface area (Å²) < 4.78 is 2.46. The number of para-hydroxylation sites is 2. The SMILES string of the molecule is C.C.CCC(C)n1c2ccccc2c2ccccc21.[K+].[PH2-].[V]. The van der Waals surface area contributed by atoms with E-state index in [9.17, 15) is 0 Å². The first-order valence-electron chi connectivity index (χ1n) is 6.30. The molecular weight excluding hydrogens is 351 g/mol. The van der Waals surface area contributed by atoms with Gasteiger partial charge in [-0.1, -0.05) is 58.2 Å². The first-order chi connectivity index (χ1) is 8.33. The predicted octanol–water partition coefficient (Wildman–Crippen LogP) is 3.37. The van der Waals surface area contributed by atoms with Crippen molar-refractivity contribution in [1.29, 1.82) is 0 Å². The summed E-state index contributed by atoms with van der Waals surface area (Å²) in [6.07, 6.45) is 1.16. The van der Waals surface area contributed by atoms with Crippen LogP contribution in [0.15, 0.2) is 48.5 Å². The fourth-order valence-corrected chi connectivity index (χ4v) is 2.61. The molecule has 1 nitrogen and oxygen atoms in total. The minimum Gasteiger partial charge on any atom is -0.577 e. The van der Waals surface area contributed by atoms with Gasteiger partial charge in [0.1, 0.15) is 0 Å². The normalized spacial score (nSPS) is 10.3. The van der Waals surface area contributed by atoms with Crippen LogP contribution in [0, 0.1) is 0 Å². The molecule has 0 amide bonds. The van der Waals surface area contributed by atoms with E-state index in [-0.39, 0.29) is 94.7 Å². The third-order valence-electron chi connectivity index (χ3n) is 3.65. The summed E-state index contributed by atoms with van der Waals surface area (Å²) >= 11 is 0. The maximum Gasteiger partial charge on any atom is 1.00 e. The van der Waals surface area contributed by atoms with Gasteiger partial charge in [0.05, 0.1) is 0 Å². The van der Waals surface area contributed by atoms with E-state index in [1.54, 1.807) is 0 Å². The molecule has 1 heterocycles. The van der Waals surface area contributed by atoms with Crippen LogP contribution >= 0.6 is 9.90 Å². The second-order valence-corrected chi connectivity index (χ2v) is 4.66. The maximum atomic E-state index is 2.46. The van der Waals surface area contributed by atoms with Gasteiger partial charge in [-0.3, -0.25) is 0 Å². The van der Waals surface area contributed by atoms with Crippen molar-refractivity contribution in [2.24, 2.45) is 0 Å². The van der Waals surface area contributed by atoms with Crippen molar-refractivity contribution in [3.8, 4) is 0 Å². The quantitative estimate of drug-likeness (QED) is 0.476. The smallest absolute Gasteiger partial charge is 0.577 e. The molecule has 3 aromatic rings. The summed E-state index contributed by atoms with van der Waals surface area (Å²) in [5.74, 6) is 0. The number of aromatic nitrogens is 1. The van der Waals surface area contributed by atoms with Crippen LogP contribution in [0.3, 0.4) is 0 Å². The molecule has 1 aromatic heterocycles. The molecule has 0 bridgehead atoms. The Morgan fingerprint density at radius 1 is 0.864 bits per heavy atom. The van der Waals surface area contributed by atoms with E-state index in [1.165, 1.54) is 21.8 Å². The minimum absolute atomic E-state index is 0. The van der Waals surface area contributed by atoms with Gasteiger partial charge in [-0.05, 0) is 25.5 Å². The van der Waals surface area contributed by atoms with Crippen LogP contribution in [0.5, 0.6) is 0 Å². The standard InChI is InChI=1S/C16H17N.2CH4.K.H2P.V/c1-3-12(2)17-15-10-6-4-8-13(15)14-9-5-7-11-16(14)17;;;;;/h4-12H,3H2,1-2H3;2*1H4;;1H2;/q;;;+1;-1;. The second-order valence-electron chi connectivity index (χ2n) is 4.66. The zero-order valence-corrected chi connectivity index (χ0v) is 18.0. The van der Waals surface area contributed by atoms with Gasteiger partial charge >= 0.3 is 51.4 Å². The molecule has 0 aliphatic heterocycles. The van der Waals surface area contributed by atoms with Gasteiger partial charge in [0.15, 0.2) is 0 Å². The fourth-order valence-electron chi connectivity index (χ4n) is 2.61. The summed E-state index contributed by atoms with van der Waals surface area (Å²) in [5, 5.41) is 2.73. The van der Waals surface area contributed by atoms with E-state index in [0.29, 0.717) is 6.04 Å². The number of benzene rings is 2. The van der Waals surface area contributed by atoms with E-state index in [4.69, 9.17) is 0 Å². The summed E-state index contributed by atoms with van der Waals surface area (Å²) in [5.41, 5.74) is 2.70. The first-order valence-corrected chi connectivity index (χ1v) is 6.30. The number of nitrogens with zero attached hydrogens (tertiary/aromatic N) is 1. The van der Waals surface area contributed by atoms with Crippen molar-refractivity contribution in [3.05, 3.63) is 48.5 Å². The Bertz CT molecular complexity index is 628. The maximum absolute atomic E-state index is 2.46. The van der Waals surface area contributed by atoms with Gasteiger partial charge in [-0.25, -0.2) is 0 Å². The van der Waals surface area contributed by atoms with E-state index in [2.05, 4.69) is 66.9 Å². The van der Waals surface area contributed by atoms with Crippen molar-refractivity contribution >= 4 is 31.7 Å². The molecular formula is C18H27KNPV. The second kappa shape index (κ2) is 12.3. The topological polar surface area (TPSA) is 4.93 Å². The third kappa shape index (κ3) is 4.94. The van der Waals surface area contributed by atoms with Crippen LogP contribution in [0.2, 0.25) is 0 Å². The van der Waals surface area contributed by atoms with Crippen LogP contribution in [0.25, 0.3) is 21.8 Å². The predicted molar refractivity (Wildman–Crippen MR) is 97.6 cm³/mol. The molecule has 0 saturated heterocycles. The molecule has 3 rings (SSSR count). The molecule has 2 aromatic carbocycles. The van der Waals surface area contributed by atoms with E-state index in [0.717, 1.165) is 6.42 Å². The number of rotatable bonds is 2. The summed E-state index contributed by atoms with van der Waals surface area (Å²) in [6.45, 7) is 4.53. The van der Waals surface area contributed by atoms with Crippen LogP contribution in [-0.2, 0) is 18.6 Å². The van der Waals surface area contributed by atoms with Crippen LogP contribution in [-0.4, -0.2) is 4.57 Å². The fraction of sp³-hybridized carbons (Fsp3) is 0.333. The van der Waals surface area contributed by atoms with Crippen molar-refractivity contribution in [3.63, 3.8) is 0 Å². The molecule has 1 atom stereocenters. The van der Waals surface area contributed by atoms with E-state index < -0.39 is 0 Å². The molecule has 0 saturated carbocycles. The van der Waals surface area contributed by atoms with Crippen molar-refractivity contribution in [2.45, 2.75) is 41.2 Å². The van der Waals surface area contributed by atoms with Crippen LogP contribution in [0.4, 0.5) is 0 Å². The molecule has 0 aliphatic carbocycles. The molecule has 115 valence electrons. The summed E-state index contributed by atoms with van der Waals surface area (Å²) in [6, 6.07) is 17.9. The van der Waals surface area contributed by atoms with Crippen molar-refractivity contribution in [2.75, 3.05) is 0 Å². The largest absolute Gasteiger partial charge is 1.00 e. The number of fused-ring (bicyclic) bond motifs is 3. The van der Waals surface area contributed by atoms with Gasteiger partial charge in [0.25, 0.3) is 0 Å². The Labute approximate surface area is 193 Å². The van der Waals surface area contributed by atoms with E-state index in [1.807, 2.05) is 0 Å². The molecule has 1 unspecified atom stereocenters. The Kier molecular flexibility index (Phi) is 15.5. The Morgan fingerprint density at radius 2 is 1.23 bits per heavy atom. The van der Waals surface area contributed by atoms with Crippen molar-refractivity contribution < 1.29 is 69.9 Å². The third-order valence-corrected chi connectivity index (χ3v) is 3.65. The van der Waals surface area contributed by atoms with Gasteiger partial charge < -0.3 is 14.5 Å². The van der Waals surface area contributed by atoms with Crippen LogP contribution in [0.1, 0.15) is 41.2 Å². The summed E-state index contributed by atoms with van der Waals surface area (Å²) in [4.78, 5) is 0. The van der Waals surface area contributed by atoms with E-state index >= 15 is 0 Å². The Morgan fingerprint density at radius 3 is 1.59 bits per heavy atom. The van der Waals surface area contributed by atoms with Gasteiger partial charge in [0, 0.05) is 46.4 Å². The van der Waals surface area contributed by atoms with Crippen LogP contribution < -0.4 is 51.4 Å². The molecule has 1 radical (unpaired) electrons. The van der Waals surface area contributed by atoms with Crippen molar-refractivity contribution in [1.82, 2.24) is 4.57 Å². The Balaban J connectivity index is -0.000000722. The number of hydrogen-bond acceptors (Lipinski definition) is 0. The first kappa shape index (κ1) is 27.7. The molecule has 0 fully saturated rings. The minimum atomic E-state index is 0. The molecule has 22 heavy (non-hydrogen) atoms. The monoisotopic (exact) mass is 378 g/mol. The van der Waals surface area contributed by atoms with Gasteiger partial charge in [-0.15, -0.1) is 0 Å². The molecule has 0 N–H and O–H groups in total. The average molecular weight is 378 g/mol. The van der Waals surface area contributed by atoms with Gasteiger partial charge in [-0.2, -0.15) is 0 Å². The Hall–Kier alpha value is 0.891. The van der Waals surface area contributed by atoms with Gasteiger partial charge in [0.2, 0.25) is 0 Å².